The molecule has 1 aliphatic heterocycles. The van der Waals surface area contributed by atoms with Gasteiger partial charge in [0.2, 0.25) is 5.91 Å². The van der Waals surface area contributed by atoms with E-state index in [0.717, 1.165) is 0 Å². The van der Waals surface area contributed by atoms with Gasteiger partial charge in [0.05, 0.1) is 11.0 Å². The molecular formula is C13H16F2N2O3S2. The number of hydrogen-bond donors (Lipinski definition) is 2. The molecule has 0 saturated carbocycles. The van der Waals surface area contributed by atoms with Crippen LogP contribution in [-0.4, -0.2) is 44.2 Å². The summed E-state index contributed by atoms with van der Waals surface area (Å²) >= 11 is 0.385. The van der Waals surface area contributed by atoms with Crippen LogP contribution < -0.4 is 10.6 Å². The molecule has 5 nitrogen and oxygen atoms in total. The van der Waals surface area contributed by atoms with Gasteiger partial charge in [-0.3, -0.25) is 4.79 Å². The van der Waals surface area contributed by atoms with E-state index < -0.39 is 26.8 Å². The van der Waals surface area contributed by atoms with Gasteiger partial charge in [0.15, 0.2) is 9.84 Å². The first-order chi connectivity index (χ1) is 10.4. The Hall–Kier alpha value is -1.19. The minimum atomic E-state index is -3.26. The van der Waals surface area contributed by atoms with Gasteiger partial charge in [-0.2, -0.15) is 8.78 Å². The van der Waals surface area contributed by atoms with E-state index in [0.29, 0.717) is 28.9 Å². The van der Waals surface area contributed by atoms with Crippen molar-refractivity contribution in [2.45, 2.75) is 22.3 Å². The van der Waals surface area contributed by atoms with Crippen molar-refractivity contribution < 1.29 is 22.0 Å². The lowest BCUT2D eigenvalue weighted by Gasteiger charge is -2.22. The molecule has 1 atom stereocenters. The van der Waals surface area contributed by atoms with Gasteiger partial charge in [0, 0.05) is 30.1 Å². The highest BCUT2D eigenvalue weighted by Gasteiger charge is 2.30. The van der Waals surface area contributed by atoms with E-state index in [-0.39, 0.29) is 18.7 Å². The molecule has 1 aliphatic rings. The maximum atomic E-state index is 12.3. The Kier molecular flexibility index (Phi) is 5.76. The molecule has 1 unspecified atom stereocenters. The zero-order valence-electron chi connectivity index (χ0n) is 11.6. The summed E-state index contributed by atoms with van der Waals surface area (Å²) in [5.41, 5.74) is 0.372. The van der Waals surface area contributed by atoms with E-state index in [2.05, 4.69) is 10.6 Å². The van der Waals surface area contributed by atoms with Crippen molar-refractivity contribution in [3.05, 3.63) is 24.3 Å². The second-order valence-electron chi connectivity index (χ2n) is 4.85. The Morgan fingerprint density at radius 2 is 2.23 bits per heavy atom. The van der Waals surface area contributed by atoms with E-state index in [1.54, 1.807) is 12.1 Å². The number of carbonyl (C=O) groups excluding carboxylic acids is 1. The number of hydrogen-bond acceptors (Lipinski definition) is 5. The lowest BCUT2D eigenvalue weighted by Crippen LogP contribution is -2.45. The number of nitrogens with one attached hydrogen (secondary N) is 2. The Bertz CT molecular complexity index is 638. The molecule has 0 aromatic heterocycles. The summed E-state index contributed by atoms with van der Waals surface area (Å²) < 4.78 is 48.3. The van der Waals surface area contributed by atoms with Gasteiger partial charge in [-0.1, -0.05) is 17.8 Å². The number of halogens is 2. The van der Waals surface area contributed by atoms with Crippen molar-refractivity contribution in [1.29, 1.82) is 0 Å². The number of alkyl halides is 2. The Morgan fingerprint density at radius 1 is 1.45 bits per heavy atom. The van der Waals surface area contributed by atoms with Crippen molar-refractivity contribution in [3.63, 3.8) is 0 Å². The van der Waals surface area contributed by atoms with E-state index in [9.17, 15) is 22.0 Å². The summed E-state index contributed by atoms with van der Waals surface area (Å²) in [7, 11) is -3.26. The lowest BCUT2D eigenvalue weighted by atomic mass is 10.2. The van der Waals surface area contributed by atoms with Gasteiger partial charge in [0.25, 0.3) is 5.76 Å². The Morgan fingerprint density at radius 3 is 2.91 bits per heavy atom. The molecule has 1 saturated heterocycles. The van der Waals surface area contributed by atoms with Crippen LogP contribution in [0.4, 0.5) is 14.5 Å². The number of carbonyl (C=O) groups is 1. The zero-order valence-corrected chi connectivity index (χ0v) is 13.2. The van der Waals surface area contributed by atoms with E-state index >= 15 is 0 Å². The largest absolute Gasteiger partial charge is 0.326 e. The molecule has 0 spiro atoms. The molecule has 9 heteroatoms. The molecule has 1 heterocycles. The number of benzene rings is 1. The molecule has 1 aromatic carbocycles. The first-order valence-electron chi connectivity index (χ1n) is 6.64. The van der Waals surface area contributed by atoms with E-state index in [1.165, 1.54) is 12.1 Å². The zero-order chi connectivity index (χ0) is 16.2. The Balaban J connectivity index is 1.97. The van der Waals surface area contributed by atoms with Gasteiger partial charge in [0.1, 0.15) is 0 Å². The average molecular weight is 350 g/mol. The van der Waals surface area contributed by atoms with Crippen LogP contribution in [0.2, 0.25) is 0 Å². The van der Waals surface area contributed by atoms with Gasteiger partial charge in [-0.05, 0) is 18.2 Å². The summed E-state index contributed by atoms with van der Waals surface area (Å²) in [6.45, 7) is 0.643. The maximum absolute atomic E-state index is 12.3. The van der Waals surface area contributed by atoms with Crippen LogP contribution in [0.3, 0.4) is 0 Å². The number of sulfone groups is 1. The molecule has 1 fully saturated rings. The monoisotopic (exact) mass is 350 g/mol. The van der Waals surface area contributed by atoms with Gasteiger partial charge < -0.3 is 10.6 Å². The van der Waals surface area contributed by atoms with Crippen LogP contribution in [0, 0.1) is 0 Å². The molecule has 122 valence electrons. The first-order valence-corrected chi connectivity index (χ1v) is 9.23. The van der Waals surface area contributed by atoms with Crippen LogP contribution in [0.5, 0.6) is 0 Å². The highest BCUT2D eigenvalue weighted by Crippen LogP contribution is 2.27. The third-order valence-corrected chi connectivity index (χ3v) is 6.03. The highest BCUT2D eigenvalue weighted by molar-refractivity contribution is 7.99. The van der Waals surface area contributed by atoms with Gasteiger partial charge in [-0.15, -0.1) is 0 Å². The smallest absolute Gasteiger partial charge is 0.288 e. The van der Waals surface area contributed by atoms with Crippen LogP contribution >= 0.6 is 11.8 Å². The number of amides is 1. The van der Waals surface area contributed by atoms with Gasteiger partial charge in [-0.25, -0.2) is 8.42 Å². The molecule has 1 aromatic rings. The second kappa shape index (κ2) is 7.38. The SMILES string of the molecule is O=C(CC1CNCCS1(=O)=O)Nc1cccc(SC(F)F)c1. The predicted molar refractivity (Wildman–Crippen MR) is 82.0 cm³/mol. The summed E-state index contributed by atoms with van der Waals surface area (Å²) in [6.07, 6.45) is -0.151. The molecule has 0 aliphatic carbocycles. The second-order valence-corrected chi connectivity index (χ2v) is 8.32. The fourth-order valence-electron chi connectivity index (χ4n) is 2.14. The van der Waals surface area contributed by atoms with E-state index in [4.69, 9.17) is 0 Å². The minimum Gasteiger partial charge on any atom is -0.326 e. The number of rotatable bonds is 5. The van der Waals surface area contributed by atoms with Crippen LogP contribution in [-0.2, 0) is 14.6 Å². The summed E-state index contributed by atoms with van der Waals surface area (Å²) in [6, 6.07) is 6.07. The molecule has 0 radical (unpaired) electrons. The lowest BCUT2D eigenvalue weighted by molar-refractivity contribution is -0.116. The normalized spacial score (nSPS) is 20.8. The summed E-state index contributed by atoms with van der Waals surface area (Å²) in [5, 5.41) is 4.75. The topological polar surface area (TPSA) is 75.3 Å². The number of anilines is 1. The predicted octanol–water partition coefficient (Wildman–Crippen LogP) is 1.72. The maximum Gasteiger partial charge on any atom is 0.288 e. The third kappa shape index (κ3) is 4.92. The quantitative estimate of drug-likeness (QED) is 0.791. The van der Waals surface area contributed by atoms with Crippen molar-refractivity contribution >= 4 is 33.2 Å². The molecule has 22 heavy (non-hydrogen) atoms. The minimum absolute atomic E-state index is 0.0193. The molecule has 2 N–H and O–H groups in total. The Labute approximate surface area is 131 Å². The summed E-state index contributed by atoms with van der Waals surface area (Å²) in [5.74, 6) is -2.97. The average Bonchev–Trinajstić information content (AvgIpc) is 2.40. The highest BCUT2D eigenvalue weighted by atomic mass is 32.2. The van der Waals surface area contributed by atoms with Crippen molar-refractivity contribution in [3.8, 4) is 0 Å². The van der Waals surface area contributed by atoms with Crippen molar-refractivity contribution in [1.82, 2.24) is 5.32 Å². The van der Waals surface area contributed by atoms with Crippen LogP contribution in [0.25, 0.3) is 0 Å². The molecule has 0 bridgehead atoms. The summed E-state index contributed by atoms with van der Waals surface area (Å²) in [4.78, 5) is 12.3. The third-order valence-electron chi connectivity index (χ3n) is 3.20. The number of thioether (sulfide) groups is 1. The molecule has 1 amide bonds. The molecular weight excluding hydrogens is 334 g/mol. The first kappa shape index (κ1) is 17.2. The van der Waals surface area contributed by atoms with Crippen LogP contribution in [0.15, 0.2) is 29.2 Å². The van der Waals surface area contributed by atoms with Gasteiger partial charge >= 0.3 is 0 Å². The van der Waals surface area contributed by atoms with Crippen molar-refractivity contribution in [2.24, 2.45) is 0 Å². The van der Waals surface area contributed by atoms with Crippen molar-refractivity contribution in [2.75, 3.05) is 24.2 Å². The molecule has 2 rings (SSSR count). The van der Waals surface area contributed by atoms with E-state index in [1.807, 2.05) is 0 Å². The standard InChI is InChI=1S/C13H16F2N2O3S2/c14-13(15)21-10-3-1-2-9(6-10)17-12(18)7-11-8-16-4-5-22(11,19)20/h1-3,6,11,13,16H,4-5,7-8H2,(H,17,18). The fourth-order valence-corrected chi connectivity index (χ4v) is 4.24. The van der Waals surface area contributed by atoms with Crippen LogP contribution in [0.1, 0.15) is 6.42 Å². The fraction of sp³-hybridized carbons (Fsp3) is 0.462.